The summed E-state index contributed by atoms with van der Waals surface area (Å²) in [7, 11) is 0. The lowest BCUT2D eigenvalue weighted by molar-refractivity contribution is -0.0718. The number of aliphatic hydroxyl groups is 3. The predicted molar refractivity (Wildman–Crippen MR) is 85.1 cm³/mol. The molecule has 0 aromatic rings. The molecule has 5 unspecified atom stereocenters. The minimum atomic E-state index is -0.841. The monoisotopic (exact) mass is 302 g/mol. The third kappa shape index (κ3) is 1.92. The van der Waals surface area contributed by atoms with Gasteiger partial charge in [-0.15, -0.1) is 0 Å². The van der Waals surface area contributed by atoms with Gasteiger partial charge in [0.1, 0.15) is 0 Å². The van der Waals surface area contributed by atoms with Gasteiger partial charge in [-0.1, -0.05) is 30.7 Å². The highest BCUT2D eigenvalue weighted by Gasteiger charge is 2.56. The maximum absolute atomic E-state index is 11.5. The number of hydrogen-bond acceptors (Lipinski definition) is 3. The van der Waals surface area contributed by atoms with Crippen molar-refractivity contribution in [2.45, 2.75) is 63.3 Å². The minimum Gasteiger partial charge on any atom is -0.393 e. The smallest absolute Gasteiger partial charge is 0.0934 e. The molecular formula is C19H26O3. The van der Waals surface area contributed by atoms with Crippen LogP contribution >= 0.6 is 0 Å². The van der Waals surface area contributed by atoms with E-state index in [0.29, 0.717) is 12.3 Å². The molecule has 0 aliphatic heterocycles. The Balaban J connectivity index is 1.78. The summed E-state index contributed by atoms with van der Waals surface area (Å²) in [6.07, 6.45) is 12.5. The second kappa shape index (κ2) is 4.80. The molecule has 3 heteroatoms. The number of allylic oxidation sites excluding steroid dienone is 1. The van der Waals surface area contributed by atoms with Gasteiger partial charge in [0.05, 0.1) is 17.8 Å². The molecule has 6 atom stereocenters. The van der Waals surface area contributed by atoms with Crippen molar-refractivity contribution in [3.63, 3.8) is 0 Å². The predicted octanol–water partition coefficient (Wildman–Crippen LogP) is 2.48. The van der Waals surface area contributed by atoms with Crippen molar-refractivity contribution in [3.8, 4) is 0 Å². The van der Waals surface area contributed by atoms with Crippen LogP contribution in [0.1, 0.15) is 45.4 Å². The van der Waals surface area contributed by atoms with Crippen LogP contribution in [0.3, 0.4) is 0 Å². The summed E-state index contributed by atoms with van der Waals surface area (Å²) in [5, 5.41) is 32.1. The molecule has 1 fully saturated rings. The molecule has 0 saturated heterocycles. The molecule has 4 aliphatic carbocycles. The lowest BCUT2D eigenvalue weighted by atomic mass is 9.60. The van der Waals surface area contributed by atoms with E-state index in [2.05, 4.69) is 25.2 Å². The first-order chi connectivity index (χ1) is 10.4. The zero-order valence-corrected chi connectivity index (χ0v) is 13.2. The molecule has 0 heterocycles. The minimum absolute atomic E-state index is 0.0527. The van der Waals surface area contributed by atoms with Gasteiger partial charge < -0.3 is 15.3 Å². The third-order valence-corrected chi connectivity index (χ3v) is 6.71. The molecule has 3 nitrogen and oxygen atoms in total. The van der Waals surface area contributed by atoms with Crippen LogP contribution in [-0.2, 0) is 0 Å². The van der Waals surface area contributed by atoms with Crippen molar-refractivity contribution in [2.24, 2.45) is 17.3 Å². The van der Waals surface area contributed by atoms with E-state index in [1.54, 1.807) is 0 Å². The van der Waals surface area contributed by atoms with Crippen LogP contribution in [0.4, 0.5) is 0 Å². The first-order valence-corrected chi connectivity index (χ1v) is 8.62. The first kappa shape index (κ1) is 14.7. The lowest BCUT2D eigenvalue weighted by Gasteiger charge is -2.49. The molecular weight excluding hydrogens is 276 g/mol. The molecule has 0 aromatic heterocycles. The highest BCUT2D eigenvalue weighted by atomic mass is 16.3. The van der Waals surface area contributed by atoms with E-state index in [0.717, 1.165) is 37.7 Å². The van der Waals surface area contributed by atoms with Crippen LogP contribution in [0.2, 0.25) is 0 Å². The van der Waals surface area contributed by atoms with Gasteiger partial charge in [-0.05, 0) is 56.1 Å². The topological polar surface area (TPSA) is 60.7 Å². The summed E-state index contributed by atoms with van der Waals surface area (Å²) < 4.78 is 0. The Morgan fingerprint density at radius 3 is 2.82 bits per heavy atom. The van der Waals surface area contributed by atoms with Gasteiger partial charge in [-0.3, -0.25) is 0 Å². The van der Waals surface area contributed by atoms with E-state index in [9.17, 15) is 15.3 Å². The average molecular weight is 302 g/mol. The van der Waals surface area contributed by atoms with Crippen molar-refractivity contribution in [1.82, 2.24) is 0 Å². The molecule has 0 amide bonds. The lowest BCUT2D eigenvalue weighted by Crippen LogP contribution is -2.53. The van der Waals surface area contributed by atoms with Crippen molar-refractivity contribution in [3.05, 3.63) is 35.5 Å². The molecule has 0 spiro atoms. The van der Waals surface area contributed by atoms with E-state index in [4.69, 9.17) is 0 Å². The van der Waals surface area contributed by atoms with Crippen molar-refractivity contribution >= 4 is 0 Å². The van der Waals surface area contributed by atoms with Gasteiger partial charge in [0.15, 0.2) is 0 Å². The maximum Gasteiger partial charge on any atom is 0.0934 e. The summed E-state index contributed by atoms with van der Waals surface area (Å²) in [5.74, 6) is 0.536. The molecule has 3 N–H and O–H groups in total. The van der Waals surface area contributed by atoms with Gasteiger partial charge in [0.2, 0.25) is 0 Å². The van der Waals surface area contributed by atoms with Crippen LogP contribution in [-0.4, -0.2) is 33.1 Å². The van der Waals surface area contributed by atoms with Gasteiger partial charge in [-0.2, -0.15) is 0 Å². The number of rotatable bonds is 0. The zero-order valence-electron chi connectivity index (χ0n) is 13.2. The summed E-state index contributed by atoms with van der Waals surface area (Å²) in [6, 6.07) is 0. The summed E-state index contributed by atoms with van der Waals surface area (Å²) >= 11 is 0. The fraction of sp³-hybridized carbons (Fsp3) is 0.684. The number of fused-ring (bicyclic) bond motifs is 4. The second-order valence-corrected chi connectivity index (χ2v) is 7.94. The highest BCUT2D eigenvalue weighted by Crippen LogP contribution is 2.56. The van der Waals surface area contributed by atoms with Crippen LogP contribution in [0, 0.1) is 17.3 Å². The van der Waals surface area contributed by atoms with Crippen molar-refractivity contribution in [1.29, 1.82) is 0 Å². The van der Waals surface area contributed by atoms with Gasteiger partial charge >= 0.3 is 0 Å². The molecule has 0 bridgehead atoms. The van der Waals surface area contributed by atoms with E-state index < -0.39 is 11.7 Å². The number of hydrogen-bond donors (Lipinski definition) is 3. The fourth-order valence-corrected chi connectivity index (χ4v) is 5.25. The maximum atomic E-state index is 11.5. The zero-order chi connectivity index (χ0) is 15.5. The van der Waals surface area contributed by atoms with E-state index >= 15 is 0 Å². The van der Waals surface area contributed by atoms with Crippen LogP contribution in [0.25, 0.3) is 0 Å². The molecule has 0 radical (unpaired) electrons. The molecule has 4 aliphatic rings. The van der Waals surface area contributed by atoms with Crippen LogP contribution in [0.15, 0.2) is 35.5 Å². The second-order valence-electron chi connectivity index (χ2n) is 7.94. The van der Waals surface area contributed by atoms with Gasteiger partial charge in [0.25, 0.3) is 0 Å². The third-order valence-electron chi connectivity index (χ3n) is 6.71. The Labute approximate surface area is 132 Å². The molecule has 22 heavy (non-hydrogen) atoms. The van der Waals surface area contributed by atoms with E-state index in [1.807, 2.05) is 6.08 Å². The fourth-order valence-electron chi connectivity index (χ4n) is 5.25. The van der Waals surface area contributed by atoms with E-state index in [1.165, 1.54) is 5.57 Å². The normalized spacial score (nSPS) is 50.4. The standard InChI is InChI=1S/C19H26O3/c1-18-7-2-3-16(18)19(22)8-6-12-4-5-15(20)10-13(12)9-14(19)11-17(18)21/h2,7,9,11-12,15-17,20-22H,3-6,8,10H2,1H3/t12?,15?,16?,17?,18?,19-/m1/s1. The first-order valence-electron chi connectivity index (χ1n) is 8.62. The molecule has 0 aromatic carbocycles. The SMILES string of the molecule is CC12C=CCC1[C@@]1(O)CCC3CCC(O)CC3=CC1=CC2O. The Morgan fingerprint density at radius 1 is 1.18 bits per heavy atom. The quantitative estimate of drug-likeness (QED) is 0.603. The molecule has 1 saturated carbocycles. The van der Waals surface area contributed by atoms with Gasteiger partial charge in [-0.25, -0.2) is 0 Å². The Morgan fingerprint density at radius 2 is 2.00 bits per heavy atom. The van der Waals surface area contributed by atoms with Crippen molar-refractivity contribution < 1.29 is 15.3 Å². The van der Waals surface area contributed by atoms with Crippen molar-refractivity contribution in [2.75, 3.05) is 0 Å². The Bertz CT molecular complexity index is 575. The highest BCUT2D eigenvalue weighted by molar-refractivity contribution is 5.43. The van der Waals surface area contributed by atoms with Crippen LogP contribution < -0.4 is 0 Å². The summed E-state index contributed by atoms with van der Waals surface area (Å²) in [4.78, 5) is 0. The Kier molecular flexibility index (Phi) is 3.20. The van der Waals surface area contributed by atoms with Crippen LogP contribution in [0.5, 0.6) is 0 Å². The average Bonchev–Trinajstić information content (AvgIpc) is 2.83. The number of aliphatic hydroxyl groups excluding tert-OH is 2. The Hall–Kier alpha value is -0.900. The largest absolute Gasteiger partial charge is 0.393 e. The van der Waals surface area contributed by atoms with E-state index in [-0.39, 0.29) is 17.4 Å². The summed E-state index contributed by atoms with van der Waals surface area (Å²) in [6.45, 7) is 2.06. The van der Waals surface area contributed by atoms with Gasteiger partial charge in [0, 0.05) is 11.3 Å². The molecule has 4 rings (SSSR count). The molecule has 120 valence electrons. The summed E-state index contributed by atoms with van der Waals surface area (Å²) in [5.41, 5.74) is 0.957.